The van der Waals surface area contributed by atoms with E-state index in [1.54, 1.807) is 22.7 Å². The van der Waals surface area contributed by atoms with Crippen LogP contribution in [-0.2, 0) is 11.2 Å². The van der Waals surface area contributed by atoms with Crippen LogP contribution in [0.5, 0.6) is 5.75 Å². The number of hydrogen-bond donors (Lipinski definition) is 1. The Morgan fingerprint density at radius 1 is 1.28 bits per heavy atom. The Hall–Kier alpha value is -2.18. The molecule has 0 bridgehead atoms. The van der Waals surface area contributed by atoms with Crippen molar-refractivity contribution in [3.8, 4) is 15.6 Å². The molecule has 2 heterocycles. The molecule has 1 N–H and O–H groups in total. The van der Waals surface area contributed by atoms with Crippen molar-refractivity contribution in [1.82, 2.24) is 4.98 Å². The number of benzene rings is 1. The van der Waals surface area contributed by atoms with E-state index in [-0.39, 0.29) is 12.3 Å². The third kappa shape index (κ3) is 4.67. The van der Waals surface area contributed by atoms with Crippen molar-refractivity contribution in [2.24, 2.45) is 0 Å². The fourth-order valence-corrected chi connectivity index (χ4v) is 3.98. The minimum Gasteiger partial charge on any atom is -0.494 e. The Bertz CT molecular complexity index is 841. The summed E-state index contributed by atoms with van der Waals surface area (Å²) in [5, 5.41) is 7.90. The molecule has 0 aliphatic carbocycles. The molecule has 0 spiro atoms. The summed E-state index contributed by atoms with van der Waals surface area (Å²) in [6.07, 6.45) is 1.24. The SMILES string of the molecule is CCCOc1ccc(NC(=O)Cc2csc(-c3cccs3)n2)c(C)c1. The van der Waals surface area contributed by atoms with E-state index < -0.39 is 0 Å². The summed E-state index contributed by atoms with van der Waals surface area (Å²) in [6.45, 7) is 4.73. The van der Waals surface area contributed by atoms with E-state index in [1.165, 1.54) is 0 Å². The summed E-state index contributed by atoms with van der Waals surface area (Å²) >= 11 is 3.23. The van der Waals surface area contributed by atoms with E-state index >= 15 is 0 Å². The first kappa shape index (κ1) is 17.6. The average molecular weight is 373 g/mol. The van der Waals surface area contributed by atoms with E-state index in [0.717, 1.165) is 39.0 Å². The number of anilines is 1. The van der Waals surface area contributed by atoms with Crippen molar-refractivity contribution in [1.29, 1.82) is 0 Å². The van der Waals surface area contributed by atoms with Gasteiger partial charge in [-0.1, -0.05) is 13.0 Å². The molecule has 130 valence electrons. The second-order valence-corrected chi connectivity index (χ2v) is 7.48. The van der Waals surface area contributed by atoms with Crippen LogP contribution in [0.1, 0.15) is 24.6 Å². The lowest BCUT2D eigenvalue weighted by Crippen LogP contribution is -2.15. The standard InChI is InChI=1S/C19H20N2O2S2/c1-3-8-23-15-6-7-16(13(2)10-15)21-18(22)11-14-12-25-19(20-14)17-5-4-9-24-17/h4-7,9-10,12H,3,8,11H2,1-2H3,(H,21,22). The minimum absolute atomic E-state index is 0.0617. The Labute approximate surface area is 155 Å². The summed E-state index contributed by atoms with van der Waals surface area (Å²) in [4.78, 5) is 18.0. The molecule has 3 rings (SSSR count). The zero-order valence-electron chi connectivity index (χ0n) is 14.2. The lowest BCUT2D eigenvalue weighted by Gasteiger charge is -2.10. The molecule has 0 radical (unpaired) electrons. The van der Waals surface area contributed by atoms with Gasteiger partial charge >= 0.3 is 0 Å². The molecular weight excluding hydrogens is 352 g/mol. The summed E-state index contributed by atoms with van der Waals surface area (Å²) < 4.78 is 5.61. The molecule has 1 amide bonds. The molecule has 6 heteroatoms. The van der Waals surface area contributed by atoms with Crippen molar-refractivity contribution in [2.75, 3.05) is 11.9 Å². The van der Waals surface area contributed by atoms with Gasteiger partial charge in [0.25, 0.3) is 0 Å². The van der Waals surface area contributed by atoms with Crippen molar-refractivity contribution in [2.45, 2.75) is 26.7 Å². The molecule has 0 aliphatic rings. The fraction of sp³-hybridized carbons (Fsp3) is 0.263. The second-order valence-electron chi connectivity index (χ2n) is 5.67. The van der Waals surface area contributed by atoms with Crippen LogP contribution in [0.2, 0.25) is 0 Å². The maximum Gasteiger partial charge on any atom is 0.230 e. The second kappa shape index (κ2) is 8.27. The first-order chi connectivity index (χ1) is 12.2. The molecule has 2 aromatic heterocycles. The number of aryl methyl sites for hydroxylation is 1. The van der Waals surface area contributed by atoms with Crippen LogP contribution in [0, 0.1) is 6.92 Å². The first-order valence-electron chi connectivity index (χ1n) is 8.17. The third-order valence-corrected chi connectivity index (χ3v) is 5.50. The van der Waals surface area contributed by atoms with Crippen LogP contribution in [0.15, 0.2) is 41.1 Å². The normalized spacial score (nSPS) is 10.6. The van der Waals surface area contributed by atoms with Gasteiger partial charge in [0.15, 0.2) is 0 Å². The van der Waals surface area contributed by atoms with Crippen molar-refractivity contribution in [3.63, 3.8) is 0 Å². The number of aromatic nitrogens is 1. The lowest BCUT2D eigenvalue weighted by atomic mass is 10.2. The predicted molar refractivity (Wildman–Crippen MR) is 105 cm³/mol. The number of carbonyl (C=O) groups is 1. The maximum atomic E-state index is 12.3. The Kier molecular flexibility index (Phi) is 5.83. The number of carbonyl (C=O) groups excluding carboxylic acids is 1. The van der Waals surface area contributed by atoms with Gasteiger partial charge in [0.2, 0.25) is 5.91 Å². The molecule has 25 heavy (non-hydrogen) atoms. The summed E-state index contributed by atoms with van der Waals surface area (Å²) in [5.74, 6) is 0.769. The van der Waals surface area contributed by atoms with E-state index in [9.17, 15) is 4.79 Å². The zero-order valence-corrected chi connectivity index (χ0v) is 15.9. The molecule has 0 saturated carbocycles. The van der Waals surface area contributed by atoms with Gasteiger partial charge in [0, 0.05) is 11.1 Å². The first-order valence-corrected chi connectivity index (χ1v) is 9.93. The van der Waals surface area contributed by atoms with Crippen molar-refractivity contribution < 1.29 is 9.53 Å². The monoisotopic (exact) mass is 372 g/mol. The van der Waals surface area contributed by atoms with Gasteiger partial charge < -0.3 is 10.1 Å². The van der Waals surface area contributed by atoms with Crippen LogP contribution in [0.25, 0.3) is 9.88 Å². The Morgan fingerprint density at radius 3 is 2.88 bits per heavy atom. The third-order valence-electron chi connectivity index (χ3n) is 3.57. The van der Waals surface area contributed by atoms with Crippen LogP contribution in [-0.4, -0.2) is 17.5 Å². The van der Waals surface area contributed by atoms with Gasteiger partial charge in [0.1, 0.15) is 10.8 Å². The molecule has 0 fully saturated rings. The molecule has 1 aromatic carbocycles. The van der Waals surface area contributed by atoms with E-state index in [4.69, 9.17) is 4.74 Å². The minimum atomic E-state index is -0.0617. The molecule has 0 aliphatic heterocycles. The number of ether oxygens (including phenoxy) is 1. The number of hydrogen-bond acceptors (Lipinski definition) is 5. The number of thiophene rings is 1. The lowest BCUT2D eigenvalue weighted by molar-refractivity contribution is -0.115. The average Bonchev–Trinajstić information content (AvgIpc) is 3.26. The van der Waals surface area contributed by atoms with Crippen molar-refractivity contribution >= 4 is 34.3 Å². The van der Waals surface area contributed by atoms with Crippen molar-refractivity contribution in [3.05, 3.63) is 52.3 Å². The number of rotatable bonds is 7. The van der Waals surface area contributed by atoms with E-state index in [0.29, 0.717) is 6.61 Å². The quantitative estimate of drug-likeness (QED) is 0.624. The molecule has 0 saturated heterocycles. The smallest absolute Gasteiger partial charge is 0.230 e. The van der Waals surface area contributed by atoms with Gasteiger partial charge in [-0.3, -0.25) is 4.79 Å². The molecule has 3 aromatic rings. The van der Waals surface area contributed by atoms with E-state index in [2.05, 4.69) is 17.2 Å². The maximum absolute atomic E-state index is 12.3. The highest BCUT2D eigenvalue weighted by atomic mass is 32.1. The van der Waals surface area contributed by atoms with Crippen LogP contribution in [0.3, 0.4) is 0 Å². The fourth-order valence-electron chi connectivity index (χ4n) is 2.35. The van der Waals surface area contributed by atoms with Gasteiger partial charge in [-0.25, -0.2) is 4.98 Å². The number of thiazole rings is 1. The van der Waals surface area contributed by atoms with Gasteiger partial charge in [-0.05, 0) is 48.6 Å². The van der Waals surface area contributed by atoms with Crippen LogP contribution in [0.4, 0.5) is 5.69 Å². The number of nitrogens with zero attached hydrogens (tertiary/aromatic N) is 1. The van der Waals surface area contributed by atoms with E-state index in [1.807, 2.05) is 48.0 Å². The summed E-state index contributed by atoms with van der Waals surface area (Å²) in [6, 6.07) is 9.76. The molecule has 0 atom stereocenters. The summed E-state index contributed by atoms with van der Waals surface area (Å²) in [5.41, 5.74) is 2.59. The van der Waals surface area contributed by atoms with Gasteiger partial charge in [-0.2, -0.15) is 0 Å². The highest BCUT2D eigenvalue weighted by Crippen LogP contribution is 2.28. The molecular formula is C19H20N2O2S2. The predicted octanol–water partition coefficient (Wildman–Crippen LogP) is 5.15. The summed E-state index contributed by atoms with van der Waals surface area (Å²) in [7, 11) is 0. The van der Waals surface area contributed by atoms with Crippen LogP contribution >= 0.6 is 22.7 Å². The van der Waals surface area contributed by atoms with Crippen LogP contribution < -0.4 is 10.1 Å². The highest BCUT2D eigenvalue weighted by molar-refractivity contribution is 7.20. The topological polar surface area (TPSA) is 51.2 Å². The Balaban J connectivity index is 1.61. The largest absolute Gasteiger partial charge is 0.494 e. The highest BCUT2D eigenvalue weighted by Gasteiger charge is 2.11. The molecule has 4 nitrogen and oxygen atoms in total. The van der Waals surface area contributed by atoms with Gasteiger partial charge in [-0.15, -0.1) is 22.7 Å². The number of amides is 1. The van der Waals surface area contributed by atoms with Gasteiger partial charge in [0.05, 0.1) is 23.6 Å². The zero-order chi connectivity index (χ0) is 17.6. The number of nitrogens with one attached hydrogen (secondary N) is 1. The molecule has 0 unspecified atom stereocenters. The Morgan fingerprint density at radius 2 is 2.16 bits per heavy atom.